The summed E-state index contributed by atoms with van der Waals surface area (Å²) in [7, 11) is -1.79. The van der Waals surface area contributed by atoms with Gasteiger partial charge >= 0.3 is 0 Å². The van der Waals surface area contributed by atoms with E-state index in [9.17, 15) is 8.42 Å². The number of nitrogens with zero attached hydrogens (tertiary/aromatic N) is 2. The van der Waals surface area contributed by atoms with Gasteiger partial charge in [0.1, 0.15) is 0 Å². The van der Waals surface area contributed by atoms with E-state index in [-0.39, 0.29) is 6.04 Å². The van der Waals surface area contributed by atoms with Crippen LogP contribution in [0.25, 0.3) is 0 Å². The lowest BCUT2D eigenvalue weighted by Crippen LogP contribution is -2.45. The molecule has 0 spiro atoms. The van der Waals surface area contributed by atoms with Gasteiger partial charge in [-0.05, 0) is 63.2 Å². The number of nitrogens with two attached hydrogens (primary N) is 1. The molecule has 1 aliphatic heterocycles. The van der Waals surface area contributed by atoms with Crippen LogP contribution in [0.15, 0.2) is 23.1 Å². The zero-order valence-electron chi connectivity index (χ0n) is 13.0. The Balaban J connectivity index is 2.19. The Morgan fingerprint density at radius 3 is 2.43 bits per heavy atom. The van der Waals surface area contributed by atoms with Gasteiger partial charge in [0.25, 0.3) is 0 Å². The Hall–Kier alpha value is -1.11. The maximum absolute atomic E-state index is 12.7. The Morgan fingerprint density at radius 2 is 1.90 bits per heavy atom. The molecule has 5 nitrogen and oxygen atoms in total. The highest BCUT2D eigenvalue weighted by Gasteiger charge is 2.30. The molecule has 21 heavy (non-hydrogen) atoms. The lowest BCUT2D eigenvalue weighted by Gasteiger charge is -2.35. The van der Waals surface area contributed by atoms with Crippen molar-refractivity contribution in [3.8, 4) is 0 Å². The Bertz CT molecular complexity index is 573. The first-order valence-electron chi connectivity index (χ1n) is 7.42. The lowest BCUT2D eigenvalue weighted by atomic mass is 10.1. The third-order valence-electron chi connectivity index (χ3n) is 4.27. The minimum Gasteiger partial charge on any atom is -0.399 e. The van der Waals surface area contributed by atoms with Gasteiger partial charge in [0.05, 0.1) is 4.90 Å². The van der Waals surface area contributed by atoms with Crippen molar-refractivity contribution in [3.63, 3.8) is 0 Å². The van der Waals surface area contributed by atoms with Gasteiger partial charge in [0.2, 0.25) is 10.0 Å². The van der Waals surface area contributed by atoms with E-state index in [1.54, 1.807) is 25.2 Å². The Kier molecular flexibility index (Phi) is 4.91. The molecule has 118 valence electrons. The minimum absolute atomic E-state index is 0.0690. The molecule has 1 heterocycles. The number of rotatable bonds is 4. The van der Waals surface area contributed by atoms with Gasteiger partial charge in [-0.1, -0.05) is 6.92 Å². The topological polar surface area (TPSA) is 66.6 Å². The van der Waals surface area contributed by atoms with Gasteiger partial charge < -0.3 is 10.6 Å². The van der Waals surface area contributed by atoms with Crippen LogP contribution in [0.4, 0.5) is 5.69 Å². The molecule has 0 aromatic heterocycles. The van der Waals surface area contributed by atoms with Gasteiger partial charge in [-0.25, -0.2) is 8.42 Å². The molecular formula is C15H25N3O2S. The molecule has 0 amide bonds. The number of sulfonamides is 1. The maximum atomic E-state index is 12.7. The van der Waals surface area contributed by atoms with E-state index in [0.29, 0.717) is 10.6 Å². The molecule has 6 heteroatoms. The SMILES string of the molecule is CCN1CCC(N(C)S(=O)(=O)c2cc(C)cc(N)c2)CC1. The van der Waals surface area contributed by atoms with Gasteiger partial charge in [0.15, 0.2) is 0 Å². The number of hydrogen-bond acceptors (Lipinski definition) is 4. The van der Waals surface area contributed by atoms with Gasteiger partial charge in [-0.2, -0.15) is 4.31 Å². The van der Waals surface area contributed by atoms with Crippen molar-refractivity contribution in [2.24, 2.45) is 0 Å². The summed E-state index contributed by atoms with van der Waals surface area (Å²) in [5.74, 6) is 0. The van der Waals surface area contributed by atoms with Gasteiger partial charge in [0, 0.05) is 18.8 Å². The molecule has 1 aliphatic rings. The minimum atomic E-state index is -3.47. The summed E-state index contributed by atoms with van der Waals surface area (Å²) >= 11 is 0. The van der Waals surface area contributed by atoms with Crippen molar-refractivity contribution in [2.75, 3.05) is 32.4 Å². The van der Waals surface area contributed by atoms with Crippen LogP contribution in [0, 0.1) is 6.92 Å². The fourth-order valence-electron chi connectivity index (χ4n) is 2.89. The van der Waals surface area contributed by atoms with Crippen LogP contribution in [-0.2, 0) is 10.0 Å². The van der Waals surface area contributed by atoms with Gasteiger partial charge in [-0.3, -0.25) is 0 Å². The average Bonchev–Trinajstić information content (AvgIpc) is 2.45. The van der Waals surface area contributed by atoms with Crippen molar-refractivity contribution in [2.45, 2.75) is 37.6 Å². The van der Waals surface area contributed by atoms with Crippen molar-refractivity contribution < 1.29 is 8.42 Å². The highest BCUT2D eigenvalue weighted by Crippen LogP contribution is 2.24. The number of nitrogen functional groups attached to an aromatic ring is 1. The summed E-state index contributed by atoms with van der Waals surface area (Å²) < 4.78 is 27.0. The highest BCUT2D eigenvalue weighted by molar-refractivity contribution is 7.89. The lowest BCUT2D eigenvalue weighted by molar-refractivity contribution is 0.176. The summed E-state index contributed by atoms with van der Waals surface area (Å²) in [5.41, 5.74) is 7.13. The molecule has 2 rings (SSSR count). The van der Waals surface area contributed by atoms with Crippen LogP contribution in [0.3, 0.4) is 0 Å². The molecule has 0 radical (unpaired) electrons. The quantitative estimate of drug-likeness (QED) is 0.859. The number of aryl methyl sites for hydroxylation is 1. The number of likely N-dealkylation sites (tertiary alicyclic amines) is 1. The smallest absolute Gasteiger partial charge is 0.243 e. The summed E-state index contributed by atoms with van der Waals surface area (Å²) in [4.78, 5) is 2.64. The average molecular weight is 311 g/mol. The van der Waals surface area contributed by atoms with Crippen LogP contribution in [-0.4, -0.2) is 50.3 Å². The molecule has 1 aromatic rings. The Labute approximate surface area is 127 Å². The van der Waals surface area contributed by atoms with Crippen molar-refractivity contribution in [1.29, 1.82) is 0 Å². The van der Waals surface area contributed by atoms with Crippen LogP contribution >= 0.6 is 0 Å². The summed E-state index contributed by atoms with van der Waals surface area (Å²) in [6.07, 6.45) is 1.76. The molecule has 0 unspecified atom stereocenters. The zero-order chi connectivity index (χ0) is 15.6. The number of benzene rings is 1. The van der Waals surface area contributed by atoms with Crippen LogP contribution < -0.4 is 5.73 Å². The summed E-state index contributed by atoms with van der Waals surface area (Å²) in [6.45, 7) is 6.93. The van der Waals surface area contributed by atoms with E-state index >= 15 is 0 Å². The summed E-state index contributed by atoms with van der Waals surface area (Å²) in [5, 5.41) is 0. The van der Waals surface area contributed by atoms with E-state index in [0.717, 1.165) is 38.0 Å². The number of hydrogen-bond donors (Lipinski definition) is 1. The van der Waals surface area contributed by atoms with E-state index < -0.39 is 10.0 Å². The maximum Gasteiger partial charge on any atom is 0.243 e. The first-order chi connectivity index (χ1) is 9.84. The molecule has 1 saturated heterocycles. The number of piperidine rings is 1. The van der Waals surface area contributed by atoms with Gasteiger partial charge in [-0.15, -0.1) is 0 Å². The van der Waals surface area contributed by atoms with E-state index in [4.69, 9.17) is 5.73 Å². The molecule has 1 aromatic carbocycles. The molecule has 0 atom stereocenters. The molecule has 1 fully saturated rings. The highest BCUT2D eigenvalue weighted by atomic mass is 32.2. The second-order valence-corrected chi connectivity index (χ2v) is 7.76. The monoisotopic (exact) mass is 311 g/mol. The zero-order valence-corrected chi connectivity index (χ0v) is 13.9. The standard InChI is InChI=1S/C15H25N3O2S/c1-4-18-7-5-14(6-8-18)17(3)21(19,20)15-10-12(2)9-13(16)11-15/h9-11,14H,4-8,16H2,1-3H3. The van der Waals surface area contributed by atoms with Crippen molar-refractivity contribution >= 4 is 15.7 Å². The van der Waals surface area contributed by atoms with Crippen LogP contribution in [0.1, 0.15) is 25.3 Å². The van der Waals surface area contributed by atoms with Crippen LogP contribution in [0.5, 0.6) is 0 Å². The predicted molar refractivity (Wildman–Crippen MR) is 85.7 cm³/mol. The largest absolute Gasteiger partial charge is 0.399 e. The fourth-order valence-corrected chi connectivity index (χ4v) is 4.44. The molecule has 2 N–H and O–H groups in total. The van der Waals surface area contributed by atoms with Crippen LogP contribution in [0.2, 0.25) is 0 Å². The van der Waals surface area contributed by atoms with Crippen molar-refractivity contribution in [3.05, 3.63) is 23.8 Å². The number of anilines is 1. The fraction of sp³-hybridized carbons (Fsp3) is 0.600. The first kappa shape index (κ1) is 16.3. The van der Waals surface area contributed by atoms with E-state index in [1.807, 2.05) is 6.92 Å². The summed E-state index contributed by atoms with van der Waals surface area (Å²) in [6, 6.07) is 5.07. The molecule has 0 bridgehead atoms. The predicted octanol–water partition coefficient (Wildman–Crippen LogP) is 1.68. The third-order valence-corrected chi connectivity index (χ3v) is 6.16. The second-order valence-electron chi connectivity index (χ2n) is 5.77. The Morgan fingerprint density at radius 1 is 1.29 bits per heavy atom. The molecule has 0 saturated carbocycles. The second kappa shape index (κ2) is 6.34. The van der Waals surface area contributed by atoms with E-state index in [1.165, 1.54) is 4.31 Å². The van der Waals surface area contributed by atoms with Crippen molar-refractivity contribution in [1.82, 2.24) is 9.21 Å². The molecule has 0 aliphatic carbocycles. The first-order valence-corrected chi connectivity index (χ1v) is 8.86. The molecular weight excluding hydrogens is 286 g/mol. The third kappa shape index (κ3) is 3.56. The van der Waals surface area contributed by atoms with E-state index in [2.05, 4.69) is 11.8 Å². The normalized spacial score (nSPS) is 18.3.